The lowest BCUT2D eigenvalue weighted by Gasteiger charge is -2.03. The fourth-order valence-corrected chi connectivity index (χ4v) is 1.92. The lowest BCUT2D eigenvalue weighted by molar-refractivity contribution is -0.384. The smallest absolute Gasteiger partial charge is 0.339 e. The minimum Gasteiger partial charge on any atom is -0.403 e. The largest absolute Gasteiger partial charge is 0.403 e. The maximum Gasteiger partial charge on any atom is 0.339 e. The molecule has 7 heteroatoms. The van der Waals surface area contributed by atoms with Gasteiger partial charge in [-0.3, -0.25) is 15.1 Å². The Morgan fingerprint density at radius 3 is 2.50 bits per heavy atom. The van der Waals surface area contributed by atoms with Crippen molar-refractivity contribution in [1.29, 1.82) is 0 Å². The first-order chi connectivity index (χ1) is 10.6. The number of nitro benzene ring substituents is 1. The van der Waals surface area contributed by atoms with E-state index in [2.05, 4.69) is 9.97 Å². The summed E-state index contributed by atoms with van der Waals surface area (Å²) in [5.74, 6) is 0.147. The molecule has 0 radical (unpaired) electrons. The highest BCUT2D eigenvalue weighted by molar-refractivity contribution is 5.63. The van der Waals surface area contributed by atoms with E-state index in [0.29, 0.717) is 16.8 Å². The third-order valence-corrected chi connectivity index (χ3v) is 2.96. The van der Waals surface area contributed by atoms with Gasteiger partial charge in [-0.15, -0.1) is 0 Å². The third kappa shape index (κ3) is 2.73. The van der Waals surface area contributed by atoms with E-state index in [4.69, 9.17) is 4.42 Å². The molecule has 3 aromatic rings. The van der Waals surface area contributed by atoms with Crippen molar-refractivity contribution in [2.24, 2.45) is 0 Å². The molecule has 0 saturated heterocycles. The van der Waals surface area contributed by atoms with Crippen LogP contribution in [-0.4, -0.2) is 14.9 Å². The summed E-state index contributed by atoms with van der Waals surface area (Å²) >= 11 is 0. The first-order valence-corrected chi connectivity index (χ1v) is 6.31. The molecule has 0 amide bonds. The zero-order chi connectivity index (χ0) is 15.5. The summed E-state index contributed by atoms with van der Waals surface area (Å²) in [7, 11) is 0. The number of hydrogen-bond acceptors (Lipinski definition) is 6. The van der Waals surface area contributed by atoms with Crippen molar-refractivity contribution in [3.63, 3.8) is 0 Å². The van der Waals surface area contributed by atoms with Crippen molar-refractivity contribution in [3.05, 3.63) is 75.4 Å². The molecule has 0 fully saturated rings. The maximum absolute atomic E-state index is 11.7. The van der Waals surface area contributed by atoms with Gasteiger partial charge in [0.05, 0.1) is 22.2 Å². The number of non-ortho nitro benzene ring substituents is 1. The van der Waals surface area contributed by atoms with Gasteiger partial charge in [-0.25, -0.2) is 9.78 Å². The number of hydrogen-bond donors (Lipinski definition) is 0. The second-order valence-corrected chi connectivity index (χ2v) is 4.41. The average molecular weight is 295 g/mol. The summed E-state index contributed by atoms with van der Waals surface area (Å²) in [6.45, 7) is 0. The van der Waals surface area contributed by atoms with Crippen molar-refractivity contribution in [3.8, 4) is 22.7 Å². The van der Waals surface area contributed by atoms with Crippen molar-refractivity contribution in [2.45, 2.75) is 0 Å². The van der Waals surface area contributed by atoms with E-state index in [9.17, 15) is 14.9 Å². The summed E-state index contributed by atoms with van der Waals surface area (Å²) in [4.78, 5) is 30.1. The molecule has 0 aliphatic rings. The normalized spacial score (nSPS) is 10.4. The lowest BCUT2D eigenvalue weighted by Crippen LogP contribution is -2.02. The number of benzene rings is 1. The molecule has 7 nitrogen and oxygen atoms in total. The van der Waals surface area contributed by atoms with Crippen LogP contribution in [0.5, 0.6) is 0 Å². The Bertz CT molecular complexity index is 873. The maximum atomic E-state index is 11.7. The second kappa shape index (κ2) is 5.57. The van der Waals surface area contributed by atoms with Crippen molar-refractivity contribution < 1.29 is 9.34 Å². The van der Waals surface area contributed by atoms with Crippen LogP contribution in [0.3, 0.4) is 0 Å². The predicted molar refractivity (Wildman–Crippen MR) is 78.1 cm³/mol. The summed E-state index contributed by atoms with van der Waals surface area (Å²) in [6, 6.07) is 10.4. The van der Waals surface area contributed by atoms with E-state index in [0.717, 1.165) is 0 Å². The second-order valence-electron chi connectivity index (χ2n) is 4.41. The topological polar surface area (TPSA) is 99.1 Å². The van der Waals surface area contributed by atoms with E-state index in [1.54, 1.807) is 18.3 Å². The highest BCUT2D eigenvalue weighted by Gasteiger charge is 2.10. The van der Waals surface area contributed by atoms with Gasteiger partial charge in [-0.1, -0.05) is 0 Å². The standard InChI is InChI=1S/C15H9N3O4/c19-14-8-13(10-3-5-12(6-4-10)18(20)21)17-15(22-14)11-2-1-7-16-9-11/h1-9H. The molecular formula is C15H9N3O4. The number of pyridine rings is 1. The third-order valence-electron chi connectivity index (χ3n) is 2.96. The minimum absolute atomic E-state index is 0.0285. The van der Waals surface area contributed by atoms with Crippen LogP contribution in [0.1, 0.15) is 0 Å². The van der Waals surface area contributed by atoms with Crippen LogP contribution in [-0.2, 0) is 0 Å². The van der Waals surface area contributed by atoms with Gasteiger partial charge in [0.2, 0.25) is 5.89 Å². The predicted octanol–water partition coefficient (Wildman–Crippen LogP) is 2.67. The summed E-state index contributed by atoms with van der Waals surface area (Å²) in [6.07, 6.45) is 3.13. The molecule has 0 aliphatic heterocycles. The average Bonchev–Trinajstić information content (AvgIpc) is 2.55. The van der Waals surface area contributed by atoms with Crippen molar-refractivity contribution in [1.82, 2.24) is 9.97 Å². The molecule has 0 N–H and O–H groups in total. The summed E-state index contributed by atoms with van der Waals surface area (Å²) < 4.78 is 5.07. The Balaban J connectivity index is 2.06. The lowest BCUT2D eigenvalue weighted by atomic mass is 10.1. The molecule has 3 rings (SSSR count). The molecule has 0 saturated carbocycles. The first-order valence-electron chi connectivity index (χ1n) is 6.31. The minimum atomic E-state index is -0.554. The fourth-order valence-electron chi connectivity index (χ4n) is 1.92. The van der Waals surface area contributed by atoms with Gasteiger partial charge in [0.25, 0.3) is 5.69 Å². The molecule has 0 aliphatic carbocycles. The van der Waals surface area contributed by atoms with E-state index in [-0.39, 0.29) is 11.6 Å². The first kappa shape index (κ1) is 13.6. The van der Waals surface area contributed by atoms with Crippen LogP contribution in [0, 0.1) is 10.1 Å². The molecule has 1 aromatic carbocycles. The quantitative estimate of drug-likeness (QED) is 0.544. The number of aromatic nitrogens is 2. The molecule has 0 spiro atoms. The zero-order valence-corrected chi connectivity index (χ0v) is 11.2. The van der Waals surface area contributed by atoms with E-state index >= 15 is 0 Å². The number of rotatable bonds is 3. The van der Waals surface area contributed by atoms with Crippen molar-refractivity contribution >= 4 is 5.69 Å². The van der Waals surface area contributed by atoms with Gasteiger partial charge in [-0.05, 0) is 24.3 Å². The summed E-state index contributed by atoms with van der Waals surface area (Å²) in [5, 5.41) is 10.7. The highest BCUT2D eigenvalue weighted by atomic mass is 16.6. The monoisotopic (exact) mass is 295 g/mol. The van der Waals surface area contributed by atoms with Crippen LogP contribution in [0.2, 0.25) is 0 Å². The van der Waals surface area contributed by atoms with Crippen LogP contribution in [0.4, 0.5) is 5.69 Å². The molecular weight excluding hydrogens is 286 g/mol. The van der Waals surface area contributed by atoms with Crippen LogP contribution >= 0.6 is 0 Å². The van der Waals surface area contributed by atoms with E-state index in [1.807, 2.05) is 0 Å². The molecule has 0 bridgehead atoms. The SMILES string of the molecule is O=c1cc(-c2ccc([N+](=O)[O-])cc2)nc(-c2cccnc2)o1. The Morgan fingerprint density at radius 2 is 1.86 bits per heavy atom. The van der Waals surface area contributed by atoms with Crippen LogP contribution in [0.25, 0.3) is 22.7 Å². The Kier molecular flexibility index (Phi) is 3.45. The van der Waals surface area contributed by atoms with Gasteiger partial charge in [0.15, 0.2) is 0 Å². The Hall–Kier alpha value is -3.35. The zero-order valence-electron chi connectivity index (χ0n) is 11.2. The van der Waals surface area contributed by atoms with Crippen LogP contribution in [0.15, 0.2) is 64.1 Å². The van der Waals surface area contributed by atoms with Gasteiger partial charge in [0.1, 0.15) is 0 Å². The molecule has 0 atom stereocenters. The molecule has 0 unspecified atom stereocenters. The Labute approximate surface area is 124 Å². The summed E-state index contributed by atoms with van der Waals surface area (Å²) in [5.41, 5.74) is 0.957. The van der Waals surface area contributed by atoms with Gasteiger partial charge in [-0.2, -0.15) is 0 Å². The Morgan fingerprint density at radius 1 is 1.09 bits per heavy atom. The van der Waals surface area contributed by atoms with Crippen molar-refractivity contribution in [2.75, 3.05) is 0 Å². The molecule has 2 aromatic heterocycles. The number of nitrogens with zero attached hydrogens (tertiary/aromatic N) is 3. The molecule has 108 valence electrons. The highest BCUT2D eigenvalue weighted by Crippen LogP contribution is 2.22. The fraction of sp³-hybridized carbons (Fsp3) is 0. The van der Waals surface area contributed by atoms with E-state index < -0.39 is 10.5 Å². The van der Waals surface area contributed by atoms with Crippen LogP contribution < -0.4 is 5.63 Å². The number of nitro groups is 1. The molecule has 2 heterocycles. The van der Waals surface area contributed by atoms with Gasteiger partial charge in [0, 0.05) is 30.1 Å². The molecule has 22 heavy (non-hydrogen) atoms. The van der Waals surface area contributed by atoms with Gasteiger partial charge < -0.3 is 4.42 Å². The van der Waals surface area contributed by atoms with E-state index in [1.165, 1.54) is 36.5 Å². The van der Waals surface area contributed by atoms with Gasteiger partial charge >= 0.3 is 5.63 Å².